The molecule has 1 atom stereocenters. The molecule has 0 saturated heterocycles. The third-order valence-corrected chi connectivity index (χ3v) is 3.96. The number of methoxy groups -OCH3 is 1. The molecule has 6 heteroatoms. The van der Waals surface area contributed by atoms with Crippen molar-refractivity contribution in [3.63, 3.8) is 0 Å². The van der Waals surface area contributed by atoms with Crippen LogP contribution in [-0.2, 0) is 11.3 Å². The molecule has 0 aliphatic heterocycles. The Hall–Kier alpha value is -1.91. The Labute approximate surface area is 145 Å². The maximum absolute atomic E-state index is 12.1. The maximum atomic E-state index is 12.1. The molecule has 0 fully saturated rings. The fraction of sp³-hybridized carbons (Fsp3) is 0.235. The Bertz CT molecular complexity index is 691. The van der Waals surface area contributed by atoms with Gasteiger partial charge in [-0.2, -0.15) is 0 Å². The van der Waals surface area contributed by atoms with Gasteiger partial charge in [0.25, 0.3) is 5.91 Å². The highest BCUT2D eigenvalue weighted by molar-refractivity contribution is 6.42. The first-order valence-electron chi connectivity index (χ1n) is 7.02. The normalized spacial score (nSPS) is 11.7. The summed E-state index contributed by atoms with van der Waals surface area (Å²) in [5, 5.41) is 3.63. The first-order chi connectivity index (χ1) is 11.0. The van der Waals surface area contributed by atoms with Crippen LogP contribution in [0.2, 0.25) is 10.0 Å². The molecule has 0 unspecified atom stereocenters. The van der Waals surface area contributed by atoms with E-state index in [1.54, 1.807) is 32.2 Å². The van der Waals surface area contributed by atoms with Crippen LogP contribution in [-0.4, -0.2) is 19.1 Å². The Kier molecular flexibility index (Phi) is 6.13. The fourth-order valence-electron chi connectivity index (χ4n) is 1.98. The highest BCUT2D eigenvalue weighted by atomic mass is 35.5. The van der Waals surface area contributed by atoms with Crippen LogP contribution in [0.4, 0.5) is 0 Å². The molecule has 0 radical (unpaired) electrons. The van der Waals surface area contributed by atoms with Gasteiger partial charge in [-0.05, 0) is 25.1 Å². The molecule has 0 spiro atoms. The van der Waals surface area contributed by atoms with Crippen molar-refractivity contribution >= 4 is 29.1 Å². The second kappa shape index (κ2) is 8.09. The molecule has 2 aromatic rings. The predicted octanol–water partition coefficient (Wildman–Crippen LogP) is 4.09. The third-order valence-electron chi connectivity index (χ3n) is 3.22. The monoisotopic (exact) mass is 353 g/mol. The van der Waals surface area contributed by atoms with E-state index in [1.165, 1.54) is 0 Å². The van der Waals surface area contributed by atoms with Crippen LogP contribution < -0.4 is 14.8 Å². The number of rotatable bonds is 6. The maximum Gasteiger partial charge on any atom is 0.261 e. The van der Waals surface area contributed by atoms with E-state index in [-0.39, 0.29) is 5.91 Å². The summed E-state index contributed by atoms with van der Waals surface area (Å²) in [5.74, 6) is 0.979. The summed E-state index contributed by atoms with van der Waals surface area (Å²) in [5.41, 5.74) is 0.894. The van der Waals surface area contributed by atoms with Gasteiger partial charge in [0.2, 0.25) is 0 Å². The van der Waals surface area contributed by atoms with Crippen molar-refractivity contribution in [2.45, 2.75) is 19.6 Å². The van der Waals surface area contributed by atoms with E-state index in [2.05, 4.69) is 5.32 Å². The molecule has 4 nitrogen and oxygen atoms in total. The number of nitrogens with one attached hydrogen (secondary N) is 1. The summed E-state index contributed by atoms with van der Waals surface area (Å²) in [6.07, 6.45) is -0.665. The standard InChI is InChI=1S/C17H17Cl2NO3/c1-11(23-13-7-8-14(18)15(19)9-13)17(21)20-10-12-5-3-4-6-16(12)22-2/h3-9,11H,10H2,1-2H3,(H,20,21)/t11-/m0/s1. The lowest BCUT2D eigenvalue weighted by molar-refractivity contribution is -0.127. The van der Waals surface area contributed by atoms with Gasteiger partial charge in [-0.1, -0.05) is 41.4 Å². The molecule has 0 bridgehead atoms. The first-order valence-corrected chi connectivity index (χ1v) is 7.78. The lowest BCUT2D eigenvalue weighted by Gasteiger charge is -2.16. The zero-order valence-electron chi connectivity index (χ0n) is 12.8. The predicted molar refractivity (Wildman–Crippen MR) is 91.4 cm³/mol. The summed E-state index contributed by atoms with van der Waals surface area (Å²) < 4.78 is 10.8. The number of hydrogen-bond donors (Lipinski definition) is 1. The second-order valence-electron chi connectivity index (χ2n) is 4.87. The van der Waals surface area contributed by atoms with Gasteiger partial charge >= 0.3 is 0 Å². The van der Waals surface area contributed by atoms with Gasteiger partial charge in [0.05, 0.1) is 17.2 Å². The highest BCUT2D eigenvalue weighted by Gasteiger charge is 2.15. The zero-order valence-corrected chi connectivity index (χ0v) is 14.3. The number of halogens is 2. The van der Waals surface area contributed by atoms with Gasteiger partial charge in [-0.15, -0.1) is 0 Å². The highest BCUT2D eigenvalue weighted by Crippen LogP contribution is 2.26. The minimum absolute atomic E-state index is 0.234. The first kappa shape index (κ1) is 17.4. The summed E-state index contributed by atoms with van der Waals surface area (Å²) in [4.78, 5) is 12.1. The number of carbonyl (C=O) groups is 1. The molecule has 0 aromatic heterocycles. The SMILES string of the molecule is COc1ccccc1CNC(=O)[C@H](C)Oc1ccc(Cl)c(Cl)c1. The number of carbonyl (C=O) groups excluding carboxylic acids is 1. The van der Waals surface area contributed by atoms with Crippen molar-refractivity contribution < 1.29 is 14.3 Å². The average molecular weight is 354 g/mol. The van der Waals surface area contributed by atoms with E-state index in [0.717, 1.165) is 11.3 Å². The molecule has 1 amide bonds. The van der Waals surface area contributed by atoms with Crippen LogP contribution in [0.15, 0.2) is 42.5 Å². The third kappa shape index (κ3) is 4.78. The zero-order chi connectivity index (χ0) is 16.8. The molecule has 122 valence electrons. The Morgan fingerprint density at radius 2 is 1.91 bits per heavy atom. The van der Waals surface area contributed by atoms with Crippen LogP contribution in [0.3, 0.4) is 0 Å². The van der Waals surface area contributed by atoms with Gasteiger partial charge in [-0.25, -0.2) is 0 Å². The molecule has 0 heterocycles. The molecular weight excluding hydrogens is 337 g/mol. The average Bonchev–Trinajstić information content (AvgIpc) is 2.56. The van der Waals surface area contributed by atoms with Crippen molar-refractivity contribution in [3.8, 4) is 11.5 Å². The van der Waals surface area contributed by atoms with E-state index < -0.39 is 6.10 Å². The van der Waals surface area contributed by atoms with E-state index in [1.807, 2.05) is 24.3 Å². The van der Waals surface area contributed by atoms with E-state index >= 15 is 0 Å². The lowest BCUT2D eigenvalue weighted by atomic mass is 10.2. The molecule has 23 heavy (non-hydrogen) atoms. The molecule has 2 aromatic carbocycles. The van der Waals surface area contributed by atoms with Crippen molar-refractivity contribution in [3.05, 3.63) is 58.1 Å². The molecule has 2 rings (SSSR count). The van der Waals surface area contributed by atoms with Crippen molar-refractivity contribution in [2.75, 3.05) is 7.11 Å². The number of benzene rings is 2. The topological polar surface area (TPSA) is 47.6 Å². The van der Waals surface area contributed by atoms with Crippen LogP contribution in [0.25, 0.3) is 0 Å². The second-order valence-corrected chi connectivity index (χ2v) is 5.68. The summed E-state index contributed by atoms with van der Waals surface area (Å²) >= 11 is 11.8. The van der Waals surface area contributed by atoms with E-state index in [0.29, 0.717) is 22.3 Å². The molecular formula is C17H17Cl2NO3. The molecule has 0 saturated carbocycles. The Balaban J connectivity index is 1.93. The summed E-state index contributed by atoms with van der Waals surface area (Å²) in [6, 6.07) is 12.4. The van der Waals surface area contributed by atoms with Crippen molar-refractivity contribution in [2.24, 2.45) is 0 Å². The summed E-state index contributed by atoms with van der Waals surface area (Å²) in [7, 11) is 1.59. The largest absolute Gasteiger partial charge is 0.496 e. The van der Waals surface area contributed by atoms with Gasteiger partial charge < -0.3 is 14.8 Å². The molecule has 1 N–H and O–H groups in total. The van der Waals surface area contributed by atoms with Gasteiger partial charge in [-0.3, -0.25) is 4.79 Å². The van der Waals surface area contributed by atoms with Gasteiger partial charge in [0.15, 0.2) is 6.10 Å². The Morgan fingerprint density at radius 1 is 1.17 bits per heavy atom. The smallest absolute Gasteiger partial charge is 0.261 e. The molecule has 0 aliphatic rings. The minimum Gasteiger partial charge on any atom is -0.496 e. The minimum atomic E-state index is -0.665. The summed E-state index contributed by atoms with van der Waals surface area (Å²) in [6.45, 7) is 2.03. The van der Waals surface area contributed by atoms with Crippen LogP contribution >= 0.6 is 23.2 Å². The number of para-hydroxylation sites is 1. The number of ether oxygens (including phenoxy) is 2. The fourth-order valence-corrected chi connectivity index (χ4v) is 2.27. The van der Waals surface area contributed by atoms with Crippen LogP contribution in [0.1, 0.15) is 12.5 Å². The van der Waals surface area contributed by atoms with Crippen molar-refractivity contribution in [1.82, 2.24) is 5.32 Å². The van der Waals surface area contributed by atoms with Gasteiger partial charge in [0, 0.05) is 18.2 Å². The van der Waals surface area contributed by atoms with E-state index in [4.69, 9.17) is 32.7 Å². The number of amides is 1. The Morgan fingerprint density at radius 3 is 2.61 bits per heavy atom. The van der Waals surface area contributed by atoms with Crippen LogP contribution in [0, 0.1) is 0 Å². The quantitative estimate of drug-likeness (QED) is 0.850. The number of hydrogen-bond acceptors (Lipinski definition) is 3. The van der Waals surface area contributed by atoms with E-state index in [9.17, 15) is 4.79 Å². The van der Waals surface area contributed by atoms with Crippen molar-refractivity contribution in [1.29, 1.82) is 0 Å². The van der Waals surface area contributed by atoms with Gasteiger partial charge in [0.1, 0.15) is 11.5 Å². The lowest BCUT2D eigenvalue weighted by Crippen LogP contribution is -2.35. The van der Waals surface area contributed by atoms with Crippen LogP contribution in [0.5, 0.6) is 11.5 Å². The molecule has 0 aliphatic carbocycles.